The summed E-state index contributed by atoms with van der Waals surface area (Å²) in [7, 11) is 0. The molecule has 5 aromatic carbocycles. The standard InChI is InChI=1S/C30H22/c1-3-11-23(12-4-1)19-21-29-25-15-7-9-17-27(25)30(28-18-10-8-16-26(28)29)22-20-24-13-5-2-6-14-24/h1-22H/b21-19-,22-20-. The molecule has 0 spiro atoms. The van der Waals surface area contributed by atoms with Crippen molar-refractivity contribution in [1.82, 2.24) is 0 Å². The van der Waals surface area contributed by atoms with Crippen molar-refractivity contribution in [3.8, 4) is 0 Å². The molecule has 0 aliphatic heterocycles. The van der Waals surface area contributed by atoms with E-state index in [1.807, 2.05) is 0 Å². The molecule has 5 aromatic rings. The molecule has 0 amide bonds. The Hall–Kier alpha value is -3.90. The molecule has 0 unspecified atom stereocenters. The van der Waals surface area contributed by atoms with Crippen LogP contribution in [-0.2, 0) is 0 Å². The highest BCUT2D eigenvalue weighted by molar-refractivity contribution is 6.14. The summed E-state index contributed by atoms with van der Waals surface area (Å²) in [6.45, 7) is 0. The topological polar surface area (TPSA) is 0 Å². The van der Waals surface area contributed by atoms with Crippen molar-refractivity contribution in [3.63, 3.8) is 0 Å². The summed E-state index contributed by atoms with van der Waals surface area (Å²) in [5.41, 5.74) is 4.95. The Bertz CT molecular complexity index is 1190. The van der Waals surface area contributed by atoms with Crippen LogP contribution in [0.3, 0.4) is 0 Å². The highest BCUT2D eigenvalue weighted by Crippen LogP contribution is 2.35. The van der Waals surface area contributed by atoms with E-state index in [-0.39, 0.29) is 0 Å². The Balaban J connectivity index is 1.74. The fourth-order valence-corrected chi connectivity index (χ4v) is 4.04. The zero-order valence-corrected chi connectivity index (χ0v) is 16.7. The largest absolute Gasteiger partial charge is 0.0622 e. The predicted octanol–water partition coefficient (Wildman–Crippen LogP) is 8.33. The Kier molecular flexibility index (Phi) is 4.98. The van der Waals surface area contributed by atoms with Gasteiger partial charge in [-0.15, -0.1) is 0 Å². The summed E-state index contributed by atoms with van der Waals surface area (Å²) in [4.78, 5) is 0. The summed E-state index contributed by atoms with van der Waals surface area (Å²) < 4.78 is 0. The summed E-state index contributed by atoms with van der Waals surface area (Å²) in [5, 5.41) is 5.10. The van der Waals surface area contributed by atoms with Crippen LogP contribution in [0, 0.1) is 0 Å². The maximum absolute atomic E-state index is 2.25. The van der Waals surface area contributed by atoms with Gasteiger partial charge in [-0.3, -0.25) is 0 Å². The molecule has 0 heterocycles. The molecule has 0 aliphatic rings. The second kappa shape index (κ2) is 8.23. The lowest BCUT2D eigenvalue weighted by Crippen LogP contribution is -1.88. The van der Waals surface area contributed by atoms with Gasteiger partial charge in [-0.2, -0.15) is 0 Å². The van der Waals surface area contributed by atoms with Gasteiger partial charge in [0.1, 0.15) is 0 Å². The third-order valence-electron chi connectivity index (χ3n) is 5.50. The van der Waals surface area contributed by atoms with Gasteiger partial charge in [-0.1, -0.05) is 133 Å². The summed E-state index contributed by atoms with van der Waals surface area (Å²) in [5.74, 6) is 0. The van der Waals surface area contributed by atoms with Crippen molar-refractivity contribution in [2.45, 2.75) is 0 Å². The minimum atomic E-state index is 1.21. The summed E-state index contributed by atoms with van der Waals surface area (Å²) in [6.07, 6.45) is 8.91. The Labute approximate surface area is 177 Å². The lowest BCUT2D eigenvalue weighted by Gasteiger charge is -2.13. The van der Waals surface area contributed by atoms with Crippen LogP contribution in [0.25, 0.3) is 45.8 Å². The smallest absolute Gasteiger partial charge is 0.00987 e. The van der Waals surface area contributed by atoms with Crippen LogP contribution in [-0.4, -0.2) is 0 Å². The third kappa shape index (κ3) is 3.56. The lowest BCUT2D eigenvalue weighted by atomic mass is 9.91. The van der Waals surface area contributed by atoms with E-state index in [0.29, 0.717) is 0 Å². The van der Waals surface area contributed by atoms with Crippen molar-refractivity contribution < 1.29 is 0 Å². The zero-order chi connectivity index (χ0) is 20.2. The highest BCUT2D eigenvalue weighted by Gasteiger charge is 2.10. The molecule has 0 aliphatic carbocycles. The molecule has 0 N–H and O–H groups in total. The molecule has 30 heavy (non-hydrogen) atoms. The van der Waals surface area contributed by atoms with E-state index in [1.54, 1.807) is 0 Å². The van der Waals surface area contributed by atoms with E-state index in [9.17, 15) is 0 Å². The first-order valence-electron chi connectivity index (χ1n) is 10.3. The monoisotopic (exact) mass is 382 g/mol. The van der Waals surface area contributed by atoms with E-state index in [2.05, 4.69) is 133 Å². The number of hydrogen-bond donors (Lipinski definition) is 0. The molecule has 0 saturated heterocycles. The average molecular weight is 383 g/mol. The number of fused-ring (bicyclic) bond motifs is 2. The minimum Gasteiger partial charge on any atom is -0.0622 e. The van der Waals surface area contributed by atoms with Gasteiger partial charge in [0.2, 0.25) is 0 Å². The lowest BCUT2D eigenvalue weighted by molar-refractivity contribution is 1.66. The van der Waals surface area contributed by atoms with Gasteiger partial charge in [0.05, 0.1) is 0 Å². The van der Waals surface area contributed by atoms with E-state index in [1.165, 1.54) is 43.8 Å². The Morgan fingerprint density at radius 3 is 0.933 bits per heavy atom. The van der Waals surface area contributed by atoms with Gasteiger partial charge >= 0.3 is 0 Å². The van der Waals surface area contributed by atoms with E-state index in [0.717, 1.165) is 0 Å². The van der Waals surface area contributed by atoms with Crippen LogP contribution in [0.5, 0.6) is 0 Å². The maximum Gasteiger partial charge on any atom is -0.00987 e. The molecule has 0 fully saturated rings. The van der Waals surface area contributed by atoms with Gasteiger partial charge in [0.15, 0.2) is 0 Å². The van der Waals surface area contributed by atoms with Crippen molar-refractivity contribution >= 4 is 45.8 Å². The number of benzene rings is 5. The SMILES string of the molecule is C(=C/c1c2ccccc2c(/C=C\c2ccccc2)c2ccccc12)/c1ccccc1. The fraction of sp³-hybridized carbons (Fsp3) is 0. The molecule has 0 nitrogen and oxygen atoms in total. The number of rotatable bonds is 4. The van der Waals surface area contributed by atoms with Crippen LogP contribution in [0.15, 0.2) is 109 Å². The van der Waals surface area contributed by atoms with Crippen LogP contribution in [0.4, 0.5) is 0 Å². The number of hydrogen-bond acceptors (Lipinski definition) is 0. The fourth-order valence-electron chi connectivity index (χ4n) is 4.04. The molecule has 0 bridgehead atoms. The van der Waals surface area contributed by atoms with Crippen molar-refractivity contribution in [3.05, 3.63) is 131 Å². The van der Waals surface area contributed by atoms with Gasteiger partial charge in [-0.25, -0.2) is 0 Å². The Morgan fingerprint density at radius 2 is 0.600 bits per heavy atom. The molecule has 0 heteroatoms. The van der Waals surface area contributed by atoms with Gasteiger partial charge in [0, 0.05) is 0 Å². The molecule has 0 aromatic heterocycles. The zero-order valence-electron chi connectivity index (χ0n) is 16.7. The van der Waals surface area contributed by atoms with E-state index >= 15 is 0 Å². The normalized spacial score (nSPS) is 11.7. The highest BCUT2D eigenvalue weighted by atomic mass is 14.1. The summed E-state index contributed by atoms with van der Waals surface area (Å²) in [6, 6.07) is 38.4. The van der Waals surface area contributed by atoms with Crippen molar-refractivity contribution in [1.29, 1.82) is 0 Å². The first-order chi connectivity index (χ1) is 14.9. The molecule has 0 atom stereocenters. The molecule has 5 rings (SSSR count). The van der Waals surface area contributed by atoms with Crippen LogP contribution in [0.1, 0.15) is 22.3 Å². The molecule has 142 valence electrons. The van der Waals surface area contributed by atoms with Crippen LogP contribution in [0.2, 0.25) is 0 Å². The van der Waals surface area contributed by atoms with E-state index < -0.39 is 0 Å². The van der Waals surface area contributed by atoms with Gasteiger partial charge < -0.3 is 0 Å². The van der Waals surface area contributed by atoms with Crippen molar-refractivity contribution in [2.75, 3.05) is 0 Å². The van der Waals surface area contributed by atoms with Crippen LogP contribution >= 0.6 is 0 Å². The average Bonchev–Trinajstić information content (AvgIpc) is 2.82. The van der Waals surface area contributed by atoms with Crippen LogP contribution < -0.4 is 0 Å². The molecule has 0 radical (unpaired) electrons. The molecule has 0 saturated carbocycles. The first kappa shape index (κ1) is 18.1. The minimum absolute atomic E-state index is 1.21. The third-order valence-corrected chi connectivity index (χ3v) is 5.50. The first-order valence-corrected chi connectivity index (χ1v) is 10.3. The van der Waals surface area contributed by atoms with E-state index in [4.69, 9.17) is 0 Å². The maximum atomic E-state index is 2.25. The van der Waals surface area contributed by atoms with Gasteiger partial charge in [0.25, 0.3) is 0 Å². The molecular weight excluding hydrogens is 360 g/mol. The second-order valence-electron chi connectivity index (χ2n) is 7.41. The second-order valence-corrected chi connectivity index (χ2v) is 7.41. The summed E-state index contributed by atoms with van der Waals surface area (Å²) >= 11 is 0. The quantitative estimate of drug-likeness (QED) is 0.216. The van der Waals surface area contributed by atoms with Gasteiger partial charge in [-0.05, 0) is 43.8 Å². The molecular formula is C30H22. The van der Waals surface area contributed by atoms with Crippen molar-refractivity contribution in [2.24, 2.45) is 0 Å². The Morgan fingerprint density at radius 1 is 0.300 bits per heavy atom. The predicted molar refractivity (Wildman–Crippen MR) is 132 cm³/mol.